The van der Waals surface area contributed by atoms with Crippen LogP contribution in [0.3, 0.4) is 0 Å². The van der Waals surface area contributed by atoms with Gasteiger partial charge in [-0.3, -0.25) is 14.2 Å². The maximum absolute atomic E-state index is 13.6. The van der Waals surface area contributed by atoms with Gasteiger partial charge in [0.15, 0.2) is 0 Å². The lowest BCUT2D eigenvalue weighted by molar-refractivity contribution is 0.0936. The van der Waals surface area contributed by atoms with E-state index in [0.29, 0.717) is 22.0 Å². The van der Waals surface area contributed by atoms with Crippen molar-refractivity contribution in [3.05, 3.63) is 111 Å². The van der Waals surface area contributed by atoms with Crippen LogP contribution in [-0.4, -0.2) is 10.5 Å². The number of halogens is 1. The van der Waals surface area contributed by atoms with Gasteiger partial charge in [0.25, 0.3) is 11.5 Å². The van der Waals surface area contributed by atoms with Crippen LogP contribution in [0.5, 0.6) is 0 Å². The van der Waals surface area contributed by atoms with Crippen LogP contribution in [0, 0.1) is 6.92 Å². The lowest BCUT2D eigenvalue weighted by Gasteiger charge is -2.21. The third-order valence-corrected chi connectivity index (χ3v) is 6.03. The van der Waals surface area contributed by atoms with Crippen LogP contribution in [0.25, 0.3) is 16.5 Å². The van der Waals surface area contributed by atoms with E-state index in [1.807, 2.05) is 86.6 Å². The summed E-state index contributed by atoms with van der Waals surface area (Å²) < 4.78 is 2.41. The highest BCUT2D eigenvalue weighted by Crippen LogP contribution is 2.26. The van der Waals surface area contributed by atoms with Crippen LogP contribution in [0.4, 0.5) is 0 Å². The third kappa shape index (κ3) is 4.06. The predicted octanol–water partition coefficient (Wildman–Crippen LogP) is 5.94. The number of rotatable bonds is 5. The molecule has 1 N–H and O–H groups in total. The van der Waals surface area contributed by atoms with E-state index in [4.69, 9.17) is 0 Å². The molecule has 1 amide bonds. The van der Waals surface area contributed by atoms with Crippen molar-refractivity contribution < 1.29 is 4.79 Å². The fourth-order valence-electron chi connectivity index (χ4n) is 4.00. The van der Waals surface area contributed by atoms with E-state index >= 15 is 0 Å². The van der Waals surface area contributed by atoms with Crippen LogP contribution in [0.15, 0.2) is 88.1 Å². The van der Waals surface area contributed by atoms with Crippen molar-refractivity contribution in [1.82, 2.24) is 9.88 Å². The first kappa shape index (κ1) is 21.1. The molecule has 0 unspecified atom stereocenters. The van der Waals surface area contributed by atoms with Gasteiger partial charge in [-0.15, -0.1) is 0 Å². The molecule has 0 radical (unpaired) electrons. The van der Waals surface area contributed by atoms with Gasteiger partial charge >= 0.3 is 0 Å². The Balaban J connectivity index is 1.91. The van der Waals surface area contributed by atoms with E-state index < -0.39 is 0 Å². The summed E-state index contributed by atoms with van der Waals surface area (Å²) in [5, 5.41) is 4.33. The number of para-hydroxylation sites is 1. The summed E-state index contributed by atoms with van der Waals surface area (Å²) in [6, 6.07) is 24.7. The number of hydrogen-bond donors (Lipinski definition) is 1. The first-order valence-corrected chi connectivity index (χ1v) is 11.1. The summed E-state index contributed by atoms with van der Waals surface area (Å²) in [5.41, 5.74) is 2.77. The largest absolute Gasteiger partial charge is 0.345 e. The standard InChI is InChI=1S/C26H23BrN2O2/c1-3-23(18-10-6-4-7-11-18)28-25(30)24-17(2)29(20-12-8-5-9-13-20)26(31)22-16-19(27)14-15-21(22)24/h4-16,23H,3H2,1-2H3,(H,28,30)/t23-/m0/s1. The first-order valence-electron chi connectivity index (χ1n) is 10.3. The molecule has 0 saturated heterocycles. The van der Waals surface area contributed by atoms with Gasteiger partial charge in [0.05, 0.1) is 11.6 Å². The van der Waals surface area contributed by atoms with Crippen molar-refractivity contribution in [3.8, 4) is 5.69 Å². The van der Waals surface area contributed by atoms with Gasteiger partial charge < -0.3 is 5.32 Å². The van der Waals surface area contributed by atoms with E-state index in [2.05, 4.69) is 21.2 Å². The minimum atomic E-state index is -0.190. The zero-order valence-electron chi connectivity index (χ0n) is 17.4. The Hall–Kier alpha value is -3.18. The monoisotopic (exact) mass is 474 g/mol. The molecule has 0 fully saturated rings. The molecule has 0 aliphatic rings. The lowest BCUT2D eigenvalue weighted by Crippen LogP contribution is -2.32. The Morgan fingerprint density at radius 2 is 1.61 bits per heavy atom. The quantitative estimate of drug-likeness (QED) is 0.388. The topological polar surface area (TPSA) is 51.1 Å². The second kappa shape index (κ2) is 8.90. The van der Waals surface area contributed by atoms with Crippen molar-refractivity contribution in [2.75, 3.05) is 0 Å². The maximum atomic E-state index is 13.6. The van der Waals surface area contributed by atoms with Crippen molar-refractivity contribution in [2.45, 2.75) is 26.3 Å². The summed E-state index contributed by atoms with van der Waals surface area (Å²) in [5.74, 6) is -0.190. The summed E-state index contributed by atoms with van der Waals surface area (Å²) in [7, 11) is 0. The number of nitrogens with one attached hydrogen (secondary N) is 1. The van der Waals surface area contributed by atoms with Crippen LogP contribution < -0.4 is 10.9 Å². The van der Waals surface area contributed by atoms with E-state index in [9.17, 15) is 9.59 Å². The predicted molar refractivity (Wildman–Crippen MR) is 129 cm³/mol. The Labute approximate surface area is 189 Å². The summed E-state index contributed by atoms with van der Waals surface area (Å²) in [6.45, 7) is 3.87. The van der Waals surface area contributed by atoms with Crippen molar-refractivity contribution >= 4 is 32.6 Å². The van der Waals surface area contributed by atoms with Crippen molar-refractivity contribution in [3.63, 3.8) is 0 Å². The van der Waals surface area contributed by atoms with Gasteiger partial charge in [0.1, 0.15) is 0 Å². The van der Waals surface area contributed by atoms with E-state index in [1.165, 1.54) is 0 Å². The number of carbonyl (C=O) groups excluding carboxylic acids is 1. The maximum Gasteiger partial charge on any atom is 0.263 e. The van der Waals surface area contributed by atoms with Gasteiger partial charge in [0.2, 0.25) is 0 Å². The molecular formula is C26H23BrN2O2. The smallest absolute Gasteiger partial charge is 0.263 e. The van der Waals surface area contributed by atoms with Crippen LogP contribution >= 0.6 is 15.9 Å². The zero-order chi connectivity index (χ0) is 22.0. The Bertz CT molecular complexity index is 1300. The number of benzene rings is 3. The number of pyridine rings is 1. The van der Waals surface area contributed by atoms with Gasteiger partial charge in [-0.05, 0) is 43.2 Å². The SMILES string of the molecule is CC[C@H](NC(=O)c1c(C)n(-c2ccccc2)c(=O)c2cc(Br)ccc12)c1ccccc1. The molecular weight excluding hydrogens is 452 g/mol. The molecule has 4 rings (SSSR count). The Morgan fingerprint density at radius 3 is 2.26 bits per heavy atom. The van der Waals surface area contributed by atoms with Gasteiger partial charge in [0, 0.05) is 26.6 Å². The van der Waals surface area contributed by atoms with Gasteiger partial charge in [-0.25, -0.2) is 0 Å². The molecule has 0 saturated carbocycles. The number of nitrogens with zero attached hydrogens (tertiary/aromatic N) is 1. The minimum Gasteiger partial charge on any atom is -0.345 e. The third-order valence-electron chi connectivity index (χ3n) is 5.54. The number of amides is 1. The Morgan fingerprint density at radius 1 is 0.968 bits per heavy atom. The fourth-order valence-corrected chi connectivity index (χ4v) is 4.36. The average Bonchev–Trinajstić information content (AvgIpc) is 2.79. The van der Waals surface area contributed by atoms with Crippen molar-refractivity contribution in [2.24, 2.45) is 0 Å². The van der Waals surface area contributed by atoms with E-state index in [-0.39, 0.29) is 17.5 Å². The molecule has 31 heavy (non-hydrogen) atoms. The van der Waals surface area contributed by atoms with Crippen molar-refractivity contribution in [1.29, 1.82) is 0 Å². The van der Waals surface area contributed by atoms with Crippen LogP contribution in [-0.2, 0) is 0 Å². The zero-order valence-corrected chi connectivity index (χ0v) is 19.0. The molecule has 4 nitrogen and oxygen atoms in total. The molecule has 5 heteroatoms. The molecule has 3 aromatic carbocycles. The number of fused-ring (bicyclic) bond motifs is 1. The number of carbonyl (C=O) groups is 1. The van der Waals surface area contributed by atoms with Gasteiger partial charge in [-0.1, -0.05) is 77.5 Å². The van der Waals surface area contributed by atoms with E-state index in [1.54, 1.807) is 10.6 Å². The number of hydrogen-bond acceptors (Lipinski definition) is 2. The minimum absolute atomic E-state index is 0.115. The highest BCUT2D eigenvalue weighted by atomic mass is 79.9. The molecule has 0 aliphatic carbocycles. The average molecular weight is 475 g/mol. The van der Waals surface area contributed by atoms with E-state index in [0.717, 1.165) is 22.1 Å². The van der Waals surface area contributed by atoms with Crippen LogP contribution in [0.1, 0.15) is 41.0 Å². The summed E-state index contributed by atoms with van der Waals surface area (Å²) in [4.78, 5) is 27.0. The number of aromatic nitrogens is 1. The van der Waals surface area contributed by atoms with Crippen LogP contribution in [0.2, 0.25) is 0 Å². The highest BCUT2D eigenvalue weighted by molar-refractivity contribution is 9.10. The lowest BCUT2D eigenvalue weighted by atomic mass is 10.0. The molecule has 156 valence electrons. The second-order valence-corrected chi connectivity index (χ2v) is 8.39. The first-order chi connectivity index (χ1) is 15.0. The fraction of sp³-hybridized carbons (Fsp3) is 0.154. The molecule has 1 aromatic heterocycles. The molecule has 4 aromatic rings. The molecule has 1 atom stereocenters. The second-order valence-electron chi connectivity index (χ2n) is 7.47. The highest BCUT2D eigenvalue weighted by Gasteiger charge is 2.22. The van der Waals surface area contributed by atoms with Gasteiger partial charge in [-0.2, -0.15) is 0 Å². The molecule has 0 aliphatic heterocycles. The normalized spacial score (nSPS) is 12.0. The molecule has 0 bridgehead atoms. The molecule has 1 heterocycles. The summed E-state index contributed by atoms with van der Waals surface area (Å²) in [6.07, 6.45) is 0.761. The molecule has 0 spiro atoms. The summed E-state index contributed by atoms with van der Waals surface area (Å²) >= 11 is 3.46. The Kier molecular flexibility index (Phi) is 6.05.